The van der Waals surface area contributed by atoms with Gasteiger partial charge in [-0.1, -0.05) is 30.3 Å². The first kappa shape index (κ1) is 16.2. The van der Waals surface area contributed by atoms with E-state index in [9.17, 15) is 14.7 Å². The van der Waals surface area contributed by atoms with Gasteiger partial charge in [-0.25, -0.2) is 0 Å². The zero-order chi connectivity index (χ0) is 15.2. The van der Waals surface area contributed by atoms with Crippen LogP contribution in [0, 0.1) is 0 Å². The third-order valence-electron chi connectivity index (χ3n) is 2.64. The zero-order valence-corrected chi connectivity index (χ0v) is 12.2. The minimum Gasteiger partial charge on any atom is -0.550 e. The Hall–Kier alpha value is -1.88. The van der Waals surface area contributed by atoms with Gasteiger partial charge in [-0.15, -0.1) is 0 Å². The summed E-state index contributed by atoms with van der Waals surface area (Å²) >= 11 is 0. The van der Waals surface area contributed by atoms with Crippen LogP contribution in [0.1, 0.15) is 12.0 Å². The summed E-state index contributed by atoms with van der Waals surface area (Å²) in [5.74, 6) is -1.63. The van der Waals surface area contributed by atoms with Crippen molar-refractivity contribution in [3.8, 4) is 0 Å². The number of quaternary nitrogens is 1. The molecule has 0 spiro atoms. The summed E-state index contributed by atoms with van der Waals surface area (Å²) in [6, 6.07) is 9.20. The van der Waals surface area contributed by atoms with Gasteiger partial charge in [0.1, 0.15) is 6.54 Å². The highest BCUT2D eigenvalue weighted by atomic mass is 16.5. The van der Waals surface area contributed by atoms with Crippen molar-refractivity contribution < 1.29 is 23.9 Å². The smallest absolute Gasteiger partial charge is 0.310 e. The van der Waals surface area contributed by atoms with Crippen molar-refractivity contribution in [1.29, 1.82) is 0 Å². The second-order valence-corrected chi connectivity index (χ2v) is 5.82. The van der Waals surface area contributed by atoms with Gasteiger partial charge in [0.25, 0.3) is 0 Å². The molecule has 0 radical (unpaired) electrons. The molecule has 0 amide bonds. The molecule has 0 aromatic heterocycles. The molecule has 0 aliphatic heterocycles. The number of esters is 1. The molecular formula is C15H21NO4. The Morgan fingerprint density at radius 3 is 2.30 bits per heavy atom. The predicted octanol–water partition coefficient (Wildman–Crippen LogP) is -0.0129. The molecule has 0 unspecified atom stereocenters. The number of benzene rings is 1. The zero-order valence-electron chi connectivity index (χ0n) is 12.2. The Labute approximate surface area is 119 Å². The normalized spacial score (nSPS) is 12.8. The lowest BCUT2D eigenvalue weighted by molar-refractivity contribution is -0.873. The maximum absolute atomic E-state index is 11.8. The molecule has 1 atom stereocenters. The average molecular weight is 279 g/mol. The highest BCUT2D eigenvalue weighted by molar-refractivity contribution is 5.73. The Bertz CT molecular complexity index is 451. The highest BCUT2D eigenvalue weighted by Crippen LogP contribution is 2.07. The number of aliphatic carboxylic acids is 1. The van der Waals surface area contributed by atoms with E-state index in [2.05, 4.69) is 0 Å². The molecule has 5 heteroatoms. The molecule has 0 heterocycles. The molecule has 0 aliphatic carbocycles. The van der Waals surface area contributed by atoms with Crippen LogP contribution in [0.15, 0.2) is 30.3 Å². The fourth-order valence-electron chi connectivity index (χ4n) is 1.93. The van der Waals surface area contributed by atoms with Crippen molar-refractivity contribution in [2.24, 2.45) is 0 Å². The Morgan fingerprint density at radius 1 is 1.20 bits per heavy atom. The number of carboxylic acids is 1. The van der Waals surface area contributed by atoms with Gasteiger partial charge in [-0.3, -0.25) is 4.79 Å². The molecule has 20 heavy (non-hydrogen) atoms. The van der Waals surface area contributed by atoms with Crippen molar-refractivity contribution in [3.05, 3.63) is 35.9 Å². The largest absolute Gasteiger partial charge is 0.550 e. The lowest BCUT2D eigenvalue weighted by Gasteiger charge is -2.29. The number of nitrogens with zero attached hydrogens (tertiary/aromatic N) is 1. The molecule has 0 bridgehead atoms. The summed E-state index contributed by atoms with van der Waals surface area (Å²) in [5, 5.41) is 10.7. The molecule has 0 N–H and O–H groups in total. The number of carbonyl (C=O) groups is 2. The third-order valence-corrected chi connectivity index (χ3v) is 2.64. The van der Waals surface area contributed by atoms with Gasteiger partial charge in [0.05, 0.1) is 27.6 Å². The van der Waals surface area contributed by atoms with Crippen molar-refractivity contribution >= 4 is 11.9 Å². The van der Waals surface area contributed by atoms with Gasteiger partial charge in [0, 0.05) is 12.4 Å². The van der Waals surface area contributed by atoms with Crippen molar-refractivity contribution in [1.82, 2.24) is 0 Å². The van der Waals surface area contributed by atoms with Crippen molar-refractivity contribution in [3.63, 3.8) is 0 Å². The van der Waals surface area contributed by atoms with Crippen LogP contribution in [0.25, 0.3) is 0 Å². The van der Waals surface area contributed by atoms with E-state index in [1.165, 1.54) is 0 Å². The fraction of sp³-hybridized carbons (Fsp3) is 0.467. The molecule has 0 saturated heterocycles. The van der Waals surface area contributed by atoms with Crippen LogP contribution in [0.5, 0.6) is 0 Å². The summed E-state index contributed by atoms with van der Waals surface area (Å²) in [6.45, 7) is 0.425. The molecule has 0 fully saturated rings. The van der Waals surface area contributed by atoms with Crippen LogP contribution >= 0.6 is 0 Å². The Balaban J connectivity index is 2.59. The highest BCUT2D eigenvalue weighted by Gasteiger charge is 2.22. The molecule has 0 aliphatic rings. The van der Waals surface area contributed by atoms with Crippen LogP contribution in [0.3, 0.4) is 0 Å². The third kappa shape index (κ3) is 6.89. The van der Waals surface area contributed by atoms with Gasteiger partial charge < -0.3 is 19.1 Å². The maximum atomic E-state index is 11.8. The van der Waals surface area contributed by atoms with Crippen LogP contribution in [-0.2, 0) is 20.7 Å². The van der Waals surface area contributed by atoms with Crippen LogP contribution in [0.4, 0.5) is 0 Å². The molecule has 1 rings (SSSR count). The quantitative estimate of drug-likeness (QED) is 0.520. The van der Waals surface area contributed by atoms with E-state index >= 15 is 0 Å². The summed E-state index contributed by atoms with van der Waals surface area (Å²) in [4.78, 5) is 22.6. The number of hydrogen-bond donors (Lipinski definition) is 0. The molecule has 1 aromatic rings. The first-order chi connectivity index (χ1) is 9.26. The van der Waals surface area contributed by atoms with Crippen LogP contribution in [-0.4, -0.2) is 50.2 Å². The van der Waals surface area contributed by atoms with E-state index in [-0.39, 0.29) is 12.8 Å². The minimum atomic E-state index is -1.21. The van der Waals surface area contributed by atoms with Gasteiger partial charge >= 0.3 is 5.97 Å². The number of ether oxygens (including phenoxy) is 1. The van der Waals surface area contributed by atoms with E-state index < -0.39 is 18.0 Å². The van der Waals surface area contributed by atoms with Gasteiger partial charge in [-0.2, -0.15) is 0 Å². The monoisotopic (exact) mass is 279 g/mol. The Kier molecular flexibility index (Phi) is 5.70. The molecule has 0 saturated carbocycles. The SMILES string of the molecule is C[N+](C)(C)C[C@@H](CC(=O)[O-])OC(=O)Cc1ccccc1. The van der Waals surface area contributed by atoms with Crippen molar-refractivity contribution in [2.45, 2.75) is 18.9 Å². The van der Waals surface area contributed by atoms with E-state index in [0.717, 1.165) is 5.56 Å². The summed E-state index contributed by atoms with van der Waals surface area (Å²) in [6.07, 6.45) is -0.811. The van der Waals surface area contributed by atoms with E-state index in [1.54, 1.807) is 0 Å². The van der Waals surface area contributed by atoms with E-state index in [4.69, 9.17) is 4.74 Å². The fourth-order valence-corrected chi connectivity index (χ4v) is 1.93. The van der Waals surface area contributed by atoms with Gasteiger partial charge in [-0.05, 0) is 5.56 Å². The maximum Gasteiger partial charge on any atom is 0.310 e. The first-order valence-electron chi connectivity index (χ1n) is 6.50. The van der Waals surface area contributed by atoms with Gasteiger partial charge in [0.15, 0.2) is 6.10 Å². The predicted molar refractivity (Wildman–Crippen MR) is 72.5 cm³/mol. The molecule has 5 nitrogen and oxygen atoms in total. The number of likely N-dealkylation sites (N-methyl/N-ethyl adjacent to an activating group) is 1. The second kappa shape index (κ2) is 7.05. The van der Waals surface area contributed by atoms with Crippen LogP contribution < -0.4 is 5.11 Å². The number of carbonyl (C=O) groups excluding carboxylic acids is 2. The lowest BCUT2D eigenvalue weighted by atomic mass is 10.1. The summed E-state index contributed by atoms with van der Waals surface area (Å²) in [7, 11) is 5.73. The topological polar surface area (TPSA) is 66.4 Å². The van der Waals surface area contributed by atoms with E-state index in [1.807, 2.05) is 51.5 Å². The van der Waals surface area contributed by atoms with E-state index in [0.29, 0.717) is 11.0 Å². The van der Waals surface area contributed by atoms with Crippen molar-refractivity contribution in [2.75, 3.05) is 27.7 Å². The number of carboxylic acid groups (broad SMARTS) is 1. The Morgan fingerprint density at radius 2 is 1.80 bits per heavy atom. The lowest BCUT2D eigenvalue weighted by Crippen LogP contribution is -2.45. The second-order valence-electron chi connectivity index (χ2n) is 5.82. The standard InChI is InChI=1S/C15H21NO4/c1-16(2,3)11-13(10-14(17)18)20-15(19)9-12-7-5-4-6-8-12/h4-8,13H,9-11H2,1-3H3/t13-/m1/s1. The summed E-state index contributed by atoms with van der Waals surface area (Å²) in [5.41, 5.74) is 0.843. The molecule has 110 valence electrons. The minimum absolute atomic E-state index is 0.140. The number of rotatable bonds is 7. The number of hydrogen-bond acceptors (Lipinski definition) is 4. The molecular weight excluding hydrogens is 258 g/mol. The first-order valence-corrected chi connectivity index (χ1v) is 6.50. The van der Waals surface area contributed by atoms with Gasteiger partial charge in [0.2, 0.25) is 0 Å². The average Bonchev–Trinajstić information content (AvgIpc) is 2.26. The van der Waals surface area contributed by atoms with Crippen LogP contribution in [0.2, 0.25) is 0 Å². The molecule has 1 aromatic carbocycles. The summed E-state index contributed by atoms with van der Waals surface area (Å²) < 4.78 is 5.78.